The molecule has 1 N–H and O–H groups in total. The highest BCUT2D eigenvalue weighted by Gasteiger charge is 2.48. The number of thiophene rings is 1. The lowest BCUT2D eigenvalue weighted by Gasteiger charge is -2.45. The average Bonchev–Trinajstić information content (AvgIpc) is 3.35. The summed E-state index contributed by atoms with van der Waals surface area (Å²) in [4.78, 5) is 29.2. The standard InChI is InChI=1S/C25H29N3O2S/c1-17-8-6-7-9-18(17)15-28-23(29)21-14-22-20(12-13-31-22)27(21)16-25(28,2)24(30)26-19-10-4-3-5-11-19/h6-9,12-14,19H,3-5,10-11,15-16H2,1-2H3,(H,26,30)/t25-/m0/s1. The second-order valence-corrected chi connectivity index (χ2v) is 10.1. The fraction of sp³-hybridized carbons (Fsp3) is 0.440. The molecule has 2 aromatic heterocycles. The predicted octanol–water partition coefficient (Wildman–Crippen LogP) is 4.87. The molecule has 2 amide bonds. The molecule has 0 radical (unpaired) electrons. The zero-order valence-electron chi connectivity index (χ0n) is 18.2. The van der Waals surface area contributed by atoms with Gasteiger partial charge in [0.25, 0.3) is 5.91 Å². The quantitative estimate of drug-likeness (QED) is 0.635. The van der Waals surface area contributed by atoms with Crippen LogP contribution in [-0.4, -0.2) is 32.9 Å². The molecule has 5 rings (SSSR count). The van der Waals surface area contributed by atoms with E-state index in [4.69, 9.17) is 0 Å². The van der Waals surface area contributed by atoms with Crippen LogP contribution in [0.5, 0.6) is 0 Å². The van der Waals surface area contributed by atoms with Crippen LogP contribution in [0.3, 0.4) is 0 Å². The summed E-state index contributed by atoms with van der Waals surface area (Å²) in [6.07, 6.45) is 5.61. The number of carbonyl (C=O) groups excluding carboxylic acids is 2. The van der Waals surface area contributed by atoms with Gasteiger partial charge in [-0.05, 0) is 55.3 Å². The number of hydrogen-bond donors (Lipinski definition) is 1. The number of aryl methyl sites for hydroxylation is 1. The number of hydrogen-bond acceptors (Lipinski definition) is 3. The summed E-state index contributed by atoms with van der Waals surface area (Å²) in [5.41, 5.74) is 2.98. The van der Waals surface area contributed by atoms with Gasteiger partial charge in [0.1, 0.15) is 11.2 Å². The minimum Gasteiger partial charge on any atom is -0.351 e. The van der Waals surface area contributed by atoms with Crippen LogP contribution >= 0.6 is 11.3 Å². The predicted molar refractivity (Wildman–Crippen MR) is 124 cm³/mol. The number of carbonyl (C=O) groups is 2. The van der Waals surface area contributed by atoms with Crippen molar-refractivity contribution in [1.29, 1.82) is 0 Å². The first-order chi connectivity index (χ1) is 15.0. The van der Waals surface area contributed by atoms with Crippen LogP contribution in [0.2, 0.25) is 0 Å². The van der Waals surface area contributed by atoms with Crippen molar-refractivity contribution in [3.05, 3.63) is 58.6 Å². The number of aromatic nitrogens is 1. The molecule has 1 fully saturated rings. The number of nitrogens with one attached hydrogen (secondary N) is 1. The Morgan fingerprint density at radius 3 is 2.74 bits per heavy atom. The molecule has 31 heavy (non-hydrogen) atoms. The molecule has 162 valence electrons. The molecule has 0 unspecified atom stereocenters. The number of nitrogens with zero attached hydrogens (tertiary/aromatic N) is 2. The minimum atomic E-state index is -0.947. The van der Waals surface area contributed by atoms with E-state index in [9.17, 15) is 9.59 Å². The molecule has 0 spiro atoms. The Balaban J connectivity index is 1.54. The summed E-state index contributed by atoms with van der Waals surface area (Å²) in [6.45, 7) is 4.89. The van der Waals surface area contributed by atoms with Crippen molar-refractivity contribution in [1.82, 2.24) is 14.8 Å². The second kappa shape index (κ2) is 7.83. The summed E-state index contributed by atoms with van der Waals surface area (Å²) >= 11 is 1.64. The summed E-state index contributed by atoms with van der Waals surface area (Å²) < 4.78 is 3.14. The van der Waals surface area contributed by atoms with Crippen LogP contribution in [0.1, 0.15) is 60.6 Å². The lowest BCUT2D eigenvalue weighted by molar-refractivity contribution is -0.134. The molecule has 2 aliphatic rings. The second-order valence-electron chi connectivity index (χ2n) is 9.19. The Morgan fingerprint density at radius 1 is 1.19 bits per heavy atom. The van der Waals surface area contributed by atoms with E-state index in [2.05, 4.69) is 18.3 Å². The third-order valence-electron chi connectivity index (χ3n) is 7.07. The SMILES string of the molecule is Cc1ccccc1CN1C(=O)c2cc3sccc3n2C[C@@]1(C)C(=O)NC1CCCCC1. The Morgan fingerprint density at radius 2 is 1.97 bits per heavy atom. The Kier molecular flexibility index (Phi) is 5.13. The number of rotatable bonds is 4. The monoisotopic (exact) mass is 435 g/mol. The molecule has 0 saturated heterocycles. The van der Waals surface area contributed by atoms with Gasteiger partial charge in [0, 0.05) is 12.6 Å². The van der Waals surface area contributed by atoms with Gasteiger partial charge in [-0.1, -0.05) is 43.5 Å². The highest BCUT2D eigenvalue weighted by Crippen LogP contribution is 2.35. The number of benzene rings is 1. The smallest absolute Gasteiger partial charge is 0.271 e. The lowest BCUT2D eigenvalue weighted by atomic mass is 9.90. The van der Waals surface area contributed by atoms with E-state index in [0.717, 1.165) is 47.0 Å². The largest absolute Gasteiger partial charge is 0.351 e. The van der Waals surface area contributed by atoms with Crippen molar-refractivity contribution in [2.45, 2.75) is 70.6 Å². The molecule has 1 aliphatic carbocycles. The van der Waals surface area contributed by atoms with Gasteiger partial charge in [0.05, 0.1) is 16.8 Å². The Hall–Kier alpha value is -2.60. The first kappa shape index (κ1) is 20.3. The molecule has 1 aromatic carbocycles. The van der Waals surface area contributed by atoms with E-state index >= 15 is 0 Å². The van der Waals surface area contributed by atoms with Gasteiger partial charge in [0.2, 0.25) is 5.91 Å². The fourth-order valence-electron chi connectivity index (χ4n) is 5.07. The van der Waals surface area contributed by atoms with E-state index in [1.807, 2.05) is 47.2 Å². The number of fused-ring (bicyclic) bond motifs is 3. The molecule has 5 nitrogen and oxygen atoms in total. The normalized spacial score (nSPS) is 22.0. The molecule has 1 aliphatic heterocycles. The van der Waals surface area contributed by atoms with Crippen molar-refractivity contribution in [3.63, 3.8) is 0 Å². The third-order valence-corrected chi connectivity index (χ3v) is 7.92. The zero-order valence-corrected chi connectivity index (χ0v) is 19.0. The molecule has 3 aromatic rings. The molecule has 0 bridgehead atoms. The highest BCUT2D eigenvalue weighted by molar-refractivity contribution is 7.17. The maximum absolute atomic E-state index is 13.7. The minimum absolute atomic E-state index is 0.0379. The van der Waals surface area contributed by atoms with Gasteiger partial charge >= 0.3 is 0 Å². The van der Waals surface area contributed by atoms with Gasteiger partial charge < -0.3 is 14.8 Å². The average molecular weight is 436 g/mol. The fourth-order valence-corrected chi connectivity index (χ4v) is 5.89. The Labute approximate surface area is 187 Å². The summed E-state index contributed by atoms with van der Waals surface area (Å²) in [6, 6.07) is 12.3. The summed E-state index contributed by atoms with van der Waals surface area (Å²) in [7, 11) is 0. The summed E-state index contributed by atoms with van der Waals surface area (Å²) in [5, 5.41) is 5.34. The van der Waals surface area contributed by atoms with E-state index in [1.54, 1.807) is 16.2 Å². The zero-order chi connectivity index (χ0) is 21.6. The first-order valence-corrected chi connectivity index (χ1v) is 12.1. The van der Waals surface area contributed by atoms with Crippen LogP contribution in [0.15, 0.2) is 41.8 Å². The van der Waals surface area contributed by atoms with Gasteiger partial charge in [-0.25, -0.2) is 0 Å². The van der Waals surface area contributed by atoms with E-state index in [0.29, 0.717) is 18.8 Å². The first-order valence-electron chi connectivity index (χ1n) is 11.2. The van der Waals surface area contributed by atoms with Gasteiger partial charge in [-0.2, -0.15) is 0 Å². The van der Waals surface area contributed by atoms with E-state index in [1.165, 1.54) is 6.42 Å². The molecular weight excluding hydrogens is 406 g/mol. The van der Waals surface area contributed by atoms with Crippen LogP contribution in [-0.2, 0) is 17.9 Å². The van der Waals surface area contributed by atoms with E-state index < -0.39 is 5.54 Å². The van der Waals surface area contributed by atoms with Crippen LogP contribution in [0.4, 0.5) is 0 Å². The van der Waals surface area contributed by atoms with Crippen molar-refractivity contribution < 1.29 is 9.59 Å². The maximum atomic E-state index is 13.7. The molecule has 1 saturated carbocycles. The molecule has 3 heterocycles. The van der Waals surface area contributed by atoms with Gasteiger partial charge in [0.15, 0.2) is 0 Å². The summed E-state index contributed by atoms with van der Waals surface area (Å²) in [5.74, 6) is -0.108. The Bertz CT molecular complexity index is 1140. The van der Waals surface area contributed by atoms with Crippen molar-refractivity contribution >= 4 is 33.4 Å². The number of amides is 2. The van der Waals surface area contributed by atoms with Crippen LogP contribution in [0, 0.1) is 6.92 Å². The van der Waals surface area contributed by atoms with Crippen molar-refractivity contribution in [2.24, 2.45) is 0 Å². The van der Waals surface area contributed by atoms with Crippen molar-refractivity contribution in [2.75, 3.05) is 0 Å². The molecular formula is C25H29N3O2S. The van der Waals surface area contributed by atoms with Crippen LogP contribution < -0.4 is 5.32 Å². The van der Waals surface area contributed by atoms with Crippen molar-refractivity contribution in [3.8, 4) is 0 Å². The van der Waals surface area contributed by atoms with E-state index in [-0.39, 0.29) is 17.9 Å². The maximum Gasteiger partial charge on any atom is 0.271 e. The topological polar surface area (TPSA) is 54.3 Å². The molecule has 1 atom stereocenters. The van der Waals surface area contributed by atoms with Gasteiger partial charge in [-0.3, -0.25) is 9.59 Å². The highest BCUT2D eigenvalue weighted by atomic mass is 32.1. The third kappa shape index (κ3) is 3.47. The van der Waals surface area contributed by atoms with Gasteiger partial charge in [-0.15, -0.1) is 11.3 Å². The molecule has 6 heteroatoms. The lowest BCUT2D eigenvalue weighted by Crippen LogP contribution is -2.64. The van der Waals surface area contributed by atoms with Crippen LogP contribution in [0.25, 0.3) is 10.2 Å².